The van der Waals surface area contributed by atoms with E-state index in [0.29, 0.717) is 11.8 Å². The Balaban J connectivity index is 2.35. The largest absolute Gasteiger partial charge is 0.480 e. The zero-order valence-corrected chi connectivity index (χ0v) is 12.5. The molecule has 0 radical (unpaired) electrons. The van der Waals surface area contributed by atoms with Crippen molar-refractivity contribution in [3.8, 4) is 11.8 Å². The molecule has 1 aromatic rings. The van der Waals surface area contributed by atoms with Gasteiger partial charge < -0.3 is 9.47 Å². The van der Waals surface area contributed by atoms with Crippen molar-refractivity contribution < 1.29 is 9.47 Å². The van der Waals surface area contributed by atoms with Crippen molar-refractivity contribution >= 4 is 0 Å². The minimum Gasteiger partial charge on any atom is -0.480 e. The maximum atomic E-state index is 5.81. The van der Waals surface area contributed by atoms with E-state index in [4.69, 9.17) is 15.3 Å². The quantitative estimate of drug-likeness (QED) is 0.634. The molecule has 0 amide bonds. The highest BCUT2D eigenvalue weighted by atomic mass is 16.5. The third-order valence-electron chi connectivity index (χ3n) is 4.28. The lowest BCUT2D eigenvalue weighted by atomic mass is 9.70. The molecule has 6 heteroatoms. The number of rotatable bonds is 5. The van der Waals surface area contributed by atoms with Gasteiger partial charge in [-0.1, -0.05) is 26.2 Å². The average Bonchev–Trinajstić information content (AvgIpc) is 2.48. The minimum atomic E-state index is -0.0730. The van der Waals surface area contributed by atoms with Crippen molar-refractivity contribution in [2.75, 3.05) is 14.2 Å². The van der Waals surface area contributed by atoms with E-state index >= 15 is 0 Å². The smallest absolute Gasteiger partial charge is 0.240 e. The second-order valence-electron chi connectivity index (χ2n) is 5.62. The van der Waals surface area contributed by atoms with Crippen LogP contribution in [0.1, 0.15) is 50.8 Å². The molecular weight excluding hydrogens is 256 g/mol. The fraction of sp³-hybridized carbons (Fsp3) is 0.714. The lowest BCUT2D eigenvalue weighted by Crippen LogP contribution is -2.41. The summed E-state index contributed by atoms with van der Waals surface area (Å²) in [5.41, 5.74) is 3.74. The summed E-state index contributed by atoms with van der Waals surface area (Å²) in [5, 5.41) is 0. The molecule has 1 aliphatic rings. The van der Waals surface area contributed by atoms with Gasteiger partial charge in [-0.15, -0.1) is 0 Å². The first-order valence-corrected chi connectivity index (χ1v) is 7.05. The van der Waals surface area contributed by atoms with E-state index in [-0.39, 0.29) is 11.5 Å². The van der Waals surface area contributed by atoms with E-state index in [2.05, 4.69) is 22.3 Å². The van der Waals surface area contributed by atoms with Crippen LogP contribution >= 0.6 is 0 Å². The summed E-state index contributed by atoms with van der Waals surface area (Å²) in [6, 6.07) is -0.0730. The maximum absolute atomic E-state index is 5.81. The number of hydrogen-bond donors (Lipinski definition) is 2. The molecular formula is C14H24N4O2. The Morgan fingerprint density at radius 1 is 1.25 bits per heavy atom. The molecule has 1 atom stereocenters. The Morgan fingerprint density at radius 2 is 1.95 bits per heavy atom. The molecule has 2 rings (SSSR count). The number of ether oxygens (including phenoxy) is 2. The predicted octanol–water partition coefficient (Wildman–Crippen LogP) is 1.97. The second kappa shape index (κ2) is 6.37. The summed E-state index contributed by atoms with van der Waals surface area (Å²) >= 11 is 0. The van der Waals surface area contributed by atoms with Gasteiger partial charge in [0.1, 0.15) is 5.69 Å². The molecule has 1 fully saturated rings. The van der Waals surface area contributed by atoms with Crippen LogP contribution in [0.2, 0.25) is 0 Å². The van der Waals surface area contributed by atoms with Crippen LogP contribution < -0.4 is 20.7 Å². The van der Waals surface area contributed by atoms with Gasteiger partial charge in [0.15, 0.2) is 0 Å². The summed E-state index contributed by atoms with van der Waals surface area (Å²) in [5.74, 6) is 6.72. The van der Waals surface area contributed by atoms with Crippen LogP contribution in [0.3, 0.4) is 0 Å². The summed E-state index contributed by atoms with van der Waals surface area (Å²) in [6.07, 6.45) is 7.59. The fourth-order valence-electron chi connectivity index (χ4n) is 3.07. The van der Waals surface area contributed by atoms with Crippen LogP contribution in [-0.2, 0) is 0 Å². The van der Waals surface area contributed by atoms with Crippen LogP contribution in [0.25, 0.3) is 0 Å². The van der Waals surface area contributed by atoms with Gasteiger partial charge in [0.05, 0.1) is 26.5 Å². The lowest BCUT2D eigenvalue weighted by molar-refractivity contribution is 0.139. The zero-order valence-electron chi connectivity index (χ0n) is 12.5. The van der Waals surface area contributed by atoms with Gasteiger partial charge in [-0.3, -0.25) is 11.3 Å². The minimum absolute atomic E-state index is 0.0730. The van der Waals surface area contributed by atoms with Crippen molar-refractivity contribution in [2.24, 2.45) is 11.3 Å². The van der Waals surface area contributed by atoms with Crippen LogP contribution in [0.5, 0.6) is 11.8 Å². The normalized spacial score (nSPS) is 19.4. The second-order valence-corrected chi connectivity index (χ2v) is 5.62. The number of nitrogens with zero attached hydrogens (tertiary/aromatic N) is 2. The van der Waals surface area contributed by atoms with Gasteiger partial charge >= 0.3 is 0 Å². The van der Waals surface area contributed by atoms with Crippen LogP contribution in [0.4, 0.5) is 0 Å². The highest BCUT2D eigenvalue weighted by Crippen LogP contribution is 2.46. The van der Waals surface area contributed by atoms with Crippen LogP contribution in [0, 0.1) is 5.41 Å². The Labute approximate surface area is 120 Å². The van der Waals surface area contributed by atoms with Gasteiger partial charge in [0, 0.05) is 0 Å². The van der Waals surface area contributed by atoms with E-state index in [1.807, 2.05) is 0 Å². The first-order valence-electron chi connectivity index (χ1n) is 7.05. The molecule has 1 heterocycles. The van der Waals surface area contributed by atoms with Gasteiger partial charge in [0.2, 0.25) is 11.8 Å². The topological polar surface area (TPSA) is 82.3 Å². The van der Waals surface area contributed by atoms with Crippen LogP contribution in [-0.4, -0.2) is 24.2 Å². The number of aromatic nitrogens is 2. The fourth-order valence-corrected chi connectivity index (χ4v) is 3.07. The summed E-state index contributed by atoms with van der Waals surface area (Å²) in [4.78, 5) is 8.76. The summed E-state index contributed by atoms with van der Waals surface area (Å²) in [6.45, 7) is 2.25. The van der Waals surface area contributed by atoms with Crippen molar-refractivity contribution in [2.45, 2.75) is 45.1 Å². The van der Waals surface area contributed by atoms with Crippen molar-refractivity contribution in [1.82, 2.24) is 15.4 Å². The molecule has 1 unspecified atom stereocenters. The SMILES string of the molecule is COc1cnc(C(NN)C2(C)CCCCC2)c(OC)n1. The zero-order chi connectivity index (χ0) is 14.6. The van der Waals surface area contributed by atoms with Gasteiger partial charge in [-0.05, 0) is 18.3 Å². The van der Waals surface area contributed by atoms with E-state index in [0.717, 1.165) is 18.5 Å². The number of nitrogens with two attached hydrogens (primary N) is 1. The number of hydrogen-bond acceptors (Lipinski definition) is 6. The number of hydrazine groups is 1. The average molecular weight is 280 g/mol. The monoisotopic (exact) mass is 280 g/mol. The maximum Gasteiger partial charge on any atom is 0.240 e. The molecule has 1 aliphatic carbocycles. The Hall–Kier alpha value is -1.40. The van der Waals surface area contributed by atoms with Gasteiger partial charge in [-0.25, -0.2) is 4.98 Å². The molecule has 112 valence electrons. The molecule has 0 bridgehead atoms. The molecule has 0 aromatic carbocycles. The third kappa shape index (κ3) is 2.86. The van der Waals surface area contributed by atoms with Gasteiger partial charge in [-0.2, -0.15) is 4.98 Å². The van der Waals surface area contributed by atoms with E-state index < -0.39 is 0 Å². The Bertz CT molecular complexity index is 447. The Kier molecular flexibility index (Phi) is 4.77. The molecule has 0 saturated heterocycles. The Morgan fingerprint density at radius 3 is 2.50 bits per heavy atom. The molecule has 3 N–H and O–H groups in total. The lowest BCUT2D eigenvalue weighted by Gasteiger charge is -2.40. The standard InChI is InChI=1S/C14H24N4O2/c1-14(7-5-4-6-8-14)12(18-15)11-13(20-3)17-10(19-2)9-16-11/h9,12,18H,4-8,15H2,1-3H3. The van der Waals surface area contributed by atoms with E-state index in [1.54, 1.807) is 20.4 Å². The summed E-state index contributed by atoms with van der Waals surface area (Å²) < 4.78 is 10.4. The molecule has 0 aliphatic heterocycles. The number of nitrogens with one attached hydrogen (secondary N) is 1. The van der Waals surface area contributed by atoms with Gasteiger partial charge in [0.25, 0.3) is 0 Å². The first-order chi connectivity index (χ1) is 9.64. The molecule has 0 spiro atoms. The van der Waals surface area contributed by atoms with Crippen molar-refractivity contribution in [1.29, 1.82) is 0 Å². The predicted molar refractivity (Wildman–Crippen MR) is 76.4 cm³/mol. The van der Waals surface area contributed by atoms with Crippen LogP contribution in [0.15, 0.2) is 6.20 Å². The van der Waals surface area contributed by atoms with E-state index in [1.165, 1.54) is 19.3 Å². The number of methoxy groups -OCH3 is 2. The van der Waals surface area contributed by atoms with E-state index in [9.17, 15) is 0 Å². The van der Waals surface area contributed by atoms with Crippen molar-refractivity contribution in [3.63, 3.8) is 0 Å². The highest BCUT2D eigenvalue weighted by Gasteiger charge is 2.38. The highest BCUT2D eigenvalue weighted by molar-refractivity contribution is 5.27. The molecule has 6 nitrogen and oxygen atoms in total. The molecule has 1 saturated carbocycles. The first kappa shape index (κ1) is 15.0. The molecule has 1 aromatic heterocycles. The summed E-state index contributed by atoms with van der Waals surface area (Å²) in [7, 11) is 3.15. The molecule has 20 heavy (non-hydrogen) atoms. The van der Waals surface area contributed by atoms with Crippen molar-refractivity contribution in [3.05, 3.63) is 11.9 Å². The third-order valence-corrected chi connectivity index (χ3v) is 4.28.